The molecule has 0 aliphatic heterocycles. The zero-order valence-corrected chi connectivity index (χ0v) is 24.0. The van der Waals surface area contributed by atoms with Gasteiger partial charge in [0.2, 0.25) is 5.91 Å². The number of hydrogen-bond acceptors (Lipinski definition) is 7. The number of carbonyl (C=O) groups is 5. The van der Waals surface area contributed by atoms with Crippen molar-refractivity contribution in [1.82, 2.24) is 10.6 Å². The highest BCUT2D eigenvalue weighted by atomic mass is 19.1. The van der Waals surface area contributed by atoms with Gasteiger partial charge in [0.1, 0.15) is 48.3 Å². The maximum absolute atomic E-state index is 14.1. The number of ether oxygens (including phenoxy) is 2. The molecule has 10 nitrogen and oxygen atoms in total. The van der Waals surface area contributed by atoms with Crippen molar-refractivity contribution in [3.05, 3.63) is 101 Å². The number of amides is 2. The Kier molecular flexibility index (Phi) is 12.1. The first kappa shape index (κ1) is 33.4. The molecular weight excluding hydrogens is 578 g/mol. The molecule has 0 heterocycles. The SMILES string of the molecule is CC(C)C[C@H](NC(=O)OCc1ccccc1)C(=O)N[C@@H](Cc1ccc(OC(=O)C(C=O)c2c(F)cccc2F)cc1)C(=O)O. The van der Waals surface area contributed by atoms with Gasteiger partial charge in [-0.05, 0) is 47.7 Å². The molecule has 0 bridgehead atoms. The molecule has 3 aromatic carbocycles. The molecule has 2 amide bonds. The van der Waals surface area contributed by atoms with Crippen LogP contribution in [-0.2, 0) is 36.9 Å². The second-order valence-electron chi connectivity index (χ2n) is 10.3. The number of hydrogen-bond donors (Lipinski definition) is 3. The van der Waals surface area contributed by atoms with E-state index in [1.165, 1.54) is 24.3 Å². The molecule has 3 rings (SSSR count). The molecule has 0 fully saturated rings. The maximum Gasteiger partial charge on any atom is 0.408 e. The Hall–Kier alpha value is -5.13. The standard InChI is InChI=1S/C32H32F2N2O8/c1-19(2)15-26(36-32(42)43-18-21-7-4-3-5-8-21)29(38)35-27(30(39)40)16-20-11-13-22(14-12-20)44-31(41)23(17-37)28-24(33)9-6-10-25(28)34/h3-14,17,19,23,26-27H,15-16,18H2,1-2H3,(H,35,38)(H,36,42)(H,39,40)/t23?,26-,27-/m0/s1. The third kappa shape index (κ3) is 9.72. The van der Waals surface area contributed by atoms with Gasteiger partial charge >= 0.3 is 18.0 Å². The average molecular weight is 611 g/mol. The van der Waals surface area contributed by atoms with Gasteiger partial charge in [-0.15, -0.1) is 0 Å². The highest BCUT2D eigenvalue weighted by molar-refractivity contribution is 5.95. The largest absolute Gasteiger partial charge is 0.480 e. The summed E-state index contributed by atoms with van der Waals surface area (Å²) in [5.74, 6) is -7.33. The minimum Gasteiger partial charge on any atom is -0.480 e. The second kappa shape index (κ2) is 15.9. The van der Waals surface area contributed by atoms with Gasteiger partial charge in [0, 0.05) is 12.0 Å². The van der Waals surface area contributed by atoms with Crippen molar-refractivity contribution in [3.63, 3.8) is 0 Å². The molecule has 0 saturated heterocycles. The summed E-state index contributed by atoms with van der Waals surface area (Å²) in [6.45, 7) is 3.66. The van der Waals surface area contributed by atoms with Gasteiger partial charge in [-0.3, -0.25) is 9.59 Å². The fourth-order valence-corrected chi connectivity index (χ4v) is 4.24. The molecule has 3 N–H and O–H groups in total. The van der Waals surface area contributed by atoms with E-state index in [0.717, 1.165) is 23.8 Å². The highest BCUT2D eigenvalue weighted by Crippen LogP contribution is 2.24. The Bertz CT molecular complexity index is 1440. The van der Waals surface area contributed by atoms with Gasteiger partial charge in [0.25, 0.3) is 0 Å². The van der Waals surface area contributed by atoms with Crippen LogP contribution in [-0.4, -0.2) is 47.4 Å². The van der Waals surface area contributed by atoms with E-state index in [1.807, 2.05) is 19.9 Å². The molecule has 1 unspecified atom stereocenters. The topological polar surface area (TPSA) is 148 Å². The van der Waals surface area contributed by atoms with Crippen LogP contribution in [0.15, 0.2) is 72.8 Å². The summed E-state index contributed by atoms with van der Waals surface area (Å²) in [5.41, 5.74) is 0.445. The zero-order chi connectivity index (χ0) is 32.2. The number of carboxylic acid groups (broad SMARTS) is 1. The van der Waals surface area contributed by atoms with Gasteiger partial charge in [-0.2, -0.15) is 0 Å². The average Bonchev–Trinajstić information content (AvgIpc) is 2.98. The van der Waals surface area contributed by atoms with Crippen molar-refractivity contribution < 1.29 is 47.3 Å². The van der Waals surface area contributed by atoms with Crippen LogP contribution in [0.1, 0.15) is 42.9 Å². The molecule has 0 aliphatic rings. The zero-order valence-electron chi connectivity index (χ0n) is 24.0. The number of aliphatic carboxylic acids is 1. The fraction of sp³-hybridized carbons (Fsp3) is 0.281. The van der Waals surface area contributed by atoms with Gasteiger partial charge < -0.3 is 30.0 Å². The van der Waals surface area contributed by atoms with Gasteiger partial charge in [-0.1, -0.05) is 62.4 Å². The Labute approximate surface area is 252 Å². The molecule has 0 aliphatic carbocycles. The van der Waals surface area contributed by atoms with Crippen molar-refractivity contribution in [1.29, 1.82) is 0 Å². The van der Waals surface area contributed by atoms with Crippen molar-refractivity contribution in [2.24, 2.45) is 5.92 Å². The van der Waals surface area contributed by atoms with E-state index in [1.54, 1.807) is 24.3 Å². The highest BCUT2D eigenvalue weighted by Gasteiger charge is 2.30. The van der Waals surface area contributed by atoms with Gasteiger partial charge in [0.05, 0.1) is 0 Å². The lowest BCUT2D eigenvalue weighted by molar-refractivity contribution is -0.142. The number of esters is 1. The minimum absolute atomic E-state index is 0.0123. The summed E-state index contributed by atoms with van der Waals surface area (Å²) in [6, 6.07) is 14.9. The van der Waals surface area contributed by atoms with Crippen LogP contribution in [0.4, 0.5) is 13.6 Å². The number of carbonyl (C=O) groups excluding carboxylic acids is 4. The molecule has 3 atom stereocenters. The number of rotatable bonds is 14. The lowest BCUT2D eigenvalue weighted by Gasteiger charge is -2.22. The summed E-state index contributed by atoms with van der Waals surface area (Å²) in [6.07, 6.45) is -0.708. The van der Waals surface area contributed by atoms with Gasteiger partial charge in [0.15, 0.2) is 0 Å². The minimum atomic E-state index is -1.84. The third-order valence-electron chi connectivity index (χ3n) is 6.43. The van der Waals surface area contributed by atoms with E-state index in [9.17, 15) is 37.9 Å². The molecule has 3 aromatic rings. The third-order valence-corrected chi connectivity index (χ3v) is 6.43. The number of aldehydes is 1. The monoisotopic (exact) mass is 610 g/mol. The van der Waals surface area contributed by atoms with Crippen LogP contribution in [0.5, 0.6) is 5.75 Å². The van der Waals surface area contributed by atoms with Crippen LogP contribution in [0.25, 0.3) is 0 Å². The Morgan fingerprint density at radius 2 is 1.48 bits per heavy atom. The molecule has 232 valence electrons. The van der Waals surface area contributed by atoms with Crippen molar-refractivity contribution in [2.75, 3.05) is 0 Å². The molecule has 0 saturated carbocycles. The number of nitrogens with one attached hydrogen (secondary N) is 2. The predicted molar refractivity (Wildman–Crippen MR) is 154 cm³/mol. The van der Waals surface area contributed by atoms with E-state index < -0.39 is 59.1 Å². The number of carboxylic acids is 1. The molecule has 0 radical (unpaired) electrons. The Morgan fingerprint density at radius 1 is 0.841 bits per heavy atom. The van der Waals surface area contributed by atoms with Crippen LogP contribution < -0.4 is 15.4 Å². The second-order valence-corrected chi connectivity index (χ2v) is 10.3. The summed E-state index contributed by atoms with van der Waals surface area (Å²) in [5, 5.41) is 14.7. The van der Waals surface area contributed by atoms with E-state index in [-0.39, 0.29) is 37.4 Å². The molecule has 44 heavy (non-hydrogen) atoms. The lowest BCUT2D eigenvalue weighted by Crippen LogP contribution is -2.52. The molecular formula is C32H32F2N2O8. The summed E-state index contributed by atoms with van der Waals surface area (Å²) >= 11 is 0. The Balaban J connectivity index is 1.62. The Morgan fingerprint density at radius 3 is 2.05 bits per heavy atom. The van der Waals surface area contributed by atoms with Crippen molar-refractivity contribution in [3.8, 4) is 5.75 Å². The molecule has 0 aromatic heterocycles. The van der Waals surface area contributed by atoms with E-state index >= 15 is 0 Å². The number of alkyl carbamates (subject to hydrolysis) is 1. The first-order valence-corrected chi connectivity index (χ1v) is 13.7. The van der Waals surface area contributed by atoms with Crippen LogP contribution >= 0.6 is 0 Å². The smallest absolute Gasteiger partial charge is 0.408 e. The number of halogens is 2. The summed E-state index contributed by atoms with van der Waals surface area (Å²) in [7, 11) is 0. The first-order chi connectivity index (χ1) is 21.0. The van der Waals surface area contributed by atoms with Crippen LogP contribution in [0.2, 0.25) is 0 Å². The van der Waals surface area contributed by atoms with Gasteiger partial charge in [-0.25, -0.2) is 18.4 Å². The quantitative estimate of drug-likeness (QED) is 0.106. The van der Waals surface area contributed by atoms with Crippen LogP contribution in [0.3, 0.4) is 0 Å². The van der Waals surface area contributed by atoms with Crippen LogP contribution in [0, 0.1) is 17.6 Å². The van der Waals surface area contributed by atoms with Crippen molar-refractivity contribution in [2.45, 2.75) is 51.3 Å². The lowest BCUT2D eigenvalue weighted by atomic mass is 9.99. The number of benzene rings is 3. The normalized spacial score (nSPS) is 12.8. The fourth-order valence-electron chi connectivity index (χ4n) is 4.24. The molecule has 12 heteroatoms. The van der Waals surface area contributed by atoms with E-state index in [2.05, 4.69) is 10.6 Å². The predicted octanol–water partition coefficient (Wildman–Crippen LogP) is 4.31. The van der Waals surface area contributed by atoms with Crippen molar-refractivity contribution >= 4 is 30.2 Å². The van der Waals surface area contributed by atoms with E-state index in [0.29, 0.717) is 5.56 Å². The van der Waals surface area contributed by atoms with E-state index in [4.69, 9.17) is 9.47 Å². The summed E-state index contributed by atoms with van der Waals surface area (Å²) < 4.78 is 38.5. The summed E-state index contributed by atoms with van der Waals surface area (Å²) in [4.78, 5) is 61.4. The molecule has 0 spiro atoms. The first-order valence-electron chi connectivity index (χ1n) is 13.7. The maximum atomic E-state index is 14.1.